The number of nitrogens with one attached hydrogen (secondary N) is 1. The largest absolute Gasteiger partial charge is 0.481 e. The molecule has 0 atom stereocenters. The molecule has 0 fully saturated rings. The zero-order chi connectivity index (χ0) is 16.0. The van der Waals surface area contributed by atoms with Crippen molar-refractivity contribution in [1.29, 1.82) is 0 Å². The van der Waals surface area contributed by atoms with Crippen molar-refractivity contribution in [1.82, 2.24) is 5.32 Å². The molecule has 0 aliphatic rings. The van der Waals surface area contributed by atoms with E-state index in [9.17, 15) is 19.1 Å². The summed E-state index contributed by atoms with van der Waals surface area (Å²) in [6, 6.07) is 5.38. The number of hydrogen-bond donors (Lipinski definition) is 2. The summed E-state index contributed by atoms with van der Waals surface area (Å²) in [5.74, 6) is -1.45. The van der Waals surface area contributed by atoms with Gasteiger partial charge in [0.25, 0.3) is 0 Å². The number of nitrogens with zero attached hydrogens (tertiary/aromatic N) is 1. The Morgan fingerprint density at radius 3 is 2.33 bits per heavy atom. The Hall–Kier alpha value is -2.11. The summed E-state index contributed by atoms with van der Waals surface area (Å²) in [6.07, 6.45) is 0.811. The Balaban J connectivity index is 2.78. The average Bonchev–Trinajstić information content (AvgIpc) is 2.48. The number of rotatable bonds is 6. The van der Waals surface area contributed by atoms with Crippen LogP contribution in [0, 0.1) is 11.2 Å². The molecule has 0 radical (unpaired) electrons. The van der Waals surface area contributed by atoms with Gasteiger partial charge in [-0.25, -0.2) is 9.18 Å². The first kappa shape index (κ1) is 16.9. The zero-order valence-corrected chi connectivity index (χ0v) is 12.5. The third kappa shape index (κ3) is 3.71. The van der Waals surface area contributed by atoms with Gasteiger partial charge in [0.15, 0.2) is 0 Å². The van der Waals surface area contributed by atoms with Gasteiger partial charge in [0.05, 0.1) is 11.1 Å². The molecule has 0 saturated heterocycles. The van der Waals surface area contributed by atoms with E-state index >= 15 is 0 Å². The van der Waals surface area contributed by atoms with Crippen LogP contribution < -0.4 is 10.2 Å². The number of anilines is 1. The van der Waals surface area contributed by atoms with Gasteiger partial charge >= 0.3 is 12.0 Å². The molecule has 5 nitrogen and oxygen atoms in total. The normalized spacial score (nSPS) is 11.0. The molecule has 116 valence electrons. The molecule has 0 aliphatic heterocycles. The van der Waals surface area contributed by atoms with E-state index in [0.29, 0.717) is 12.8 Å². The van der Waals surface area contributed by atoms with E-state index in [1.54, 1.807) is 19.9 Å². The SMILES string of the molecule is CCC(CC)(CNC(=O)N(C)c1ccccc1F)C(=O)O. The van der Waals surface area contributed by atoms with Crippen molar-refractivity contribution in [2.45, 2.75) is 26.7 Å². The summed E-state index contributed by atoms with van der Waals surface area (Å²) >= 11 is 0. The highest BCUT2D eigenvalue weighted by Crippen LogP contribution is 2.26. The van der Waals surface area contributed by atoms with Crippen LogP contribution in [0.15, 0.2) is 24.3 Å². The fraction of sp³-hybridized carbons (Fsp3) is 0.467. The van der Waals surface area contributed by atoms with Crippen molar-refractivity contribution in [2.75, 3.05) is 18.5 Å². The van der Waals surface area contributed by atoms with Crippen LogP contribution in [0.25, 0.3) is 0 Å². The molecule has 6 heteroatoms. The van der Waals surface area contributed by atoms with Gasteiger partial charge in [0, 0.05) is 13.6 Å². The maximum absolute atomic E-state index is 13.6. The third-order valence-corrected chi connectivity index (χ3v) is 3.90. The van der Waals surface area contributed by atoms with Gasteiger partial charge in [0.1, 0.15) is 5.82 Å². The summed E-state index contributed by atoms with van der Waals surface area (Å²) in [5, 5.41) is 11.9. The number of carbonyl (C=O) groups excluding carboxylic acids is 1. The van der Waals surface area contributed by atoms with Crippen LogP contribution in [0.1, 0.15) is 26.7 Å². The highest BCUT2D eigenvalue weighted by atomic mass is 19.1. The van der Waals surface area contributed by atoms with Crippen LogP contribution in [0.4, 0.5) is 14.9 Å². The minimum Gasteiger partial charge on any atom is -0.481 e. The van der Waals surface area contributed by atoms with Crippen molar-refractivity contribution < 1.29 is 19.1 Å². The number of carboxylic acid groups (broad SMARTS) is 1. The molecule has 1 aromatic rings. The number of para-hydroxylation sites is 1. The number of amides is 2. The molecule has 0 saturated carbocycles. The second-order valence-corrected chi connectivity index (χ2v) is 4.96. The standard InChI is InChI=1S/C15H21FN2O3/c1-4-15(5-2,13(19)20)10-17-14(21)18(3)12-9-7-6-8-11(12)16/h6-9H,4-5,10H2,1-3H3,(H,17,21)(H,19,20). The van der Waals surface area contributed by atoms with E-state index in [-0.39, 0.29) is 12.2 Å². The third-order valence-electron chi connectivity index (χ3n) is 3.90. The lowest BCUT2D eigenvalue weighted by atomic mass is 9.82. The predicted molar refractivity (Wildman–Crippen MR) is 78.9 cm³/mol. The fourth-order valence-electron chi connectivity index (χ4n) is 2.07. The zero-order valence-electron chi connectivity index (χ0n) is 12.5. The summed E-state index contributed by atoms with van der Waals surface area (Å²) < 4.78 is 13.6. The number of halogens is 1. The Labute approximate surface area is 123 Å². The minimum atomic E-state index is -0.994. The number of benzene rings is 1. The molecule has 0 aromatic heterocycles. The van der Waals surface area contributed by atoms with E-state index in [2.05, 4.69) is 5.32 Å². The van der Waals surface area contributed by atoms with Gasteiger partial charge in [-0.05, 0) is 25.0 Å². The minimum absolute atomic E-state index is 0.00690. The quantitative estimate of drug-likeness (QED) is 0.848. The van der Waals surface area contributed by atoms with Crippen molar-refractivity contribution in [2.24, 2.45) is 5.41 Å². The van der Waals surface area contributed by atoms with E-state index in [0.717, 1.165) is 4.90 Å². The van der Waals surface area contributed by atoms with Crippen molar-refractivity contribution in [3.8, 4) is 0 Å². The predicted octanol–water partition coefficient (Wildman–Crippen LogP) is 2.86. The van der Waals surface area contributed by atoms with Crippen LogP contribution in [0.5, 0.6) is 0 Å². The topological polar surface area (TPSA) is 69.6 Å². The number of carboxylic acids is 1. The second-order valence-electron chi connectivity index (χ2n) is 4.96. The van der Waals surface area contributed by atoms with Gasteiger partial charge in [-0.15, -0.1) is 0 Å². The summed E-state index contributed by atoms with van der Waals surface area (Å²) in [6.45, 7) is 3.54. The molecule has 0 unspecified atom stereocenters. The lowest BCUT2D eigenvalue weighted by Crippen LogP contribution is -2.46. The van der Waals surface area contributed by atoms with Gasteiger partial charge in [-0.3, -0.25) is 9.69 Å². The van der Waals surface area contributed by atoms with E-state index in [1.807, 2.05) is 0 Å². The average molecular weight is 296 g/mol. The van der Waals surface area contributed by atoms with Crippen molar-refractivity contribution in [3.05, 3.63) is 30.1 Å². The molecule has 0 spiro atoms. The molecule has 0 heterocycles. The summed E-state index contributed by atoms with van der Waals surface area (Å²) in [7, 11) is 1.44. The van der Waals surface area contributed by atoms with Crippen LogP contribution in [-0.4, -0.2) is 30.7 Å². The van der Waals surface area contributed by atoms with E-state index in [1.165, 1.54) is 25.2 Å². The number of aliphatic carboxylic acids is 1. The highest BCUT2D eigenvalue weighted by molar-refractivity contribution is 5.91. The first-order valence-corrected chi connectivity index (χ1v) is 6.87. The number of carbonyl (C=O) groups is 2. The smallest absolute Gasteiger partial charge is 0.321 e. The summed E-state index contributed by atoms with van der Waals surface area (Å²) in [5.41, 5.74) is -0.852. The lowest BCUT2D eigenvalue weighted by molar-refractivity contribution is -0.149. The molecular weight excluding hydrogens is 275 g/mol. The number of urea groups is 1. The molecule has 1 rings (SSSR count). The van der Waals surface area contributed by atoms with Gasteiger partial charge < -0.3 is 10.4 Å². The van der Waals surface area contributed by atoms with Gasteiger partial charge in [-0.1, -0.05) is 26.0 Å². The Morgan fingerprint density at radius 2 is 1.86 bits per heavy atom. The second kappa shape index (κ2) is 7.06. The lowest BCUT2D eigenvalue weighted by Gasteiger charge is -2.28. The Kier molecular flexibility index (Phi) is 5.69. The van der Waals surface area contributed by atoms with Crippen LogP contribution in [0.3, 0.4) is 0 Å². The van der Waals surface area contributed by atoms with E-state index in [4.69, 9.17) is 0 Å². The van der Waals surface area contributed by atoms with Crippen LogP contribution in [0.2, 0.25) is 0 Å². The molecule has 2 amide bonds. The van der Waals surface area contributed by atoms with Crippen LogP contribution >= 0.6 is 0 Å². The monoisotopic (exact) mass is 296 g/mol. The molecule has 0 bridgehead atoms. The maximum atomic E-state index is 13.6. The van der Waals surface area contributed by atoms with Crippen LogP contribution in [-0.2, 0) is 4.79 Å². The summed E-state index contributed by atoms with van der Waals surface area (Å²) in [4.78, 5) is 24.5. The fourth-order valence-corrected chi connectivity index (χ4v) is 2.07. The first-order chi connectivity index (χ1) is 9.88. The molecule has 2 N–H and O–H groups in total. The molecule has 0 aliphatic carbocycles. The molecule has 21 heavy (non-hydrogen) atoms. The molecule has 1 aromatic carbocycles. The first-order valence-electron chi connectivity index (χ1n) is 6.87. The number of hydrogen-bond acceptors (Lipinski definition) is 2. The Morgan fingerprint density at radius 1 is 1.29 bits per heavy atom. The van der Waals surface area contributed by atoms with E-state index < -0.39 is 23.2 Å². The maximum Gasteiger partial charge on any atom is 0.321 e. The molecular formula is C15H21FN2O3. The highest BCUT2D eigenvalue weighted by Gasteiger charge is 2.35. The van der Waals surface area contributed by atoms with Gasteiger partial charge in [-0.2, -0.15) is 0 Å². The van der Waals surface area contributed by atoms with Gasteiger partial charge in [0.2, 0.25) is 0 Å². The van der Waals surface area contributed by atoms with Crippen molar-refractivity contribution >= 4 is 17.7 Å². The van der Waals surface area contributed by atoms with Crippen molar-refractivity contribution in [3.63, 3.8) is 0 Å². The Bertz CT molecular complexity index is 515.